The van der Waals surface area contributed by atoms with Crippen molar-refractivity contribution in [2.24, 2.45) is 0 Å². The number of nitrogens with zero attached hydrogens (tertiary/aromatic N) is 1. The van der Waals surface area contributed by atoms with Gasteiger partial charge >= 0.3 is 0 Å². The molecule has 9 rings (SSSR count). The number of benzene rings is 8. The lowest BCUT2D eigenvalue weighted by Gasteiger charge is -2.28. The Morgan fingerprint density at radius 2 is 0.905 bits per heavy atom. The van der Waals surface area contributed by atoms with E-state index in [0.717, 1.165) is 49.8 Å². The van der Waals surface area contributed by atoms with Crippen molar-refractivity contribution in [1.29, 1.82) is 0 Å². The zero-order valence-corrected chi connectivity index (χ0v) is 22.8. The van der Waals surface area contributed by atoms with Gasteiger partial charge in [0, 0.05) is 32.6 Å². The van der Waals surface area contributed by atoms with Crippen molar-refractivity contribution in [1.82, 2.24) is 0 Å². The minimum atomic E-state index is 0.915. The van der Waals surface area contributed by atoms with Gasteiger partial charge < -0.3 is 9.32 Å². The highest BCUT2D eigenvalue weighted by Crippen LogP contribution is 2.45. The summed E-state index contributed by atoms with van der Waals surface area (Å²) in [5.74, 6) is 0. The van der Waals surface area contributed by atoms with Gasteiger partial charge in [-0.1, -0.05) is 115 Å². The zero-order chi connectivity index (χ0) is 27.6. The molecule has 0 amide bonds. The van der Waals surface area contributed by atoms with Crippen molar-refractivity contribution in [3.05, 3.63) is 152 Å². The second-order valence-corrected chi connectivity index (χ2v) is 10.9. The lowest BCUT2D eigenvalue weighted by Crippen LogP contribution is -2.11. The molecule has 2 nitrogen and oxygen atoms in total. The number of hydrogen-bond donors (Lipinski definition) is 0. The van der Waals surface area contributed by atoms with Gasteiger partial charge in [0.2, 0.25) is 0 Å². The van der Waals surface area contributed by atoms with Gasteiger partial charge in [0.15, 0.2) is 0 Å². The molecule has 1 heterocycles. The molecule has 0 spiro atoms. The standard InChI is InChI=1S/C40H25NO/c1-3-12-30-27(10-1)19-20-28-25-29(21-22-31(28)30)41(37-16-7-11-26-9-2-4-13-32(26)37)38-17-8-15-35-33(38)23-24-36-34-14-5-6-18-39(34)42-40(35)36/h1-25H. The van der Waals surface area contributed by atoms with Gasteiger partial charge in [0.05, 0.1) is 11.4 Å². The van der Waals surface area contributed by atoms with Crippen LogP contribution in [0.25, 0.3) is 65.0 Å². The third-order valence-corrected chi connectivity index (χ3v) is 8.61. The first-order valence-electron chi connectivity index (χ1n) is 14.4. The average molecular weight is 536 g/mol. The summed E-state index contributed by atoms with van der Waals surface area (Å²) >= 11 is 0. The van der Waals surface area contributed by atoms with Gasteiger partial charge in [0.1, 0.15) is 11.2 Å². The Morgan fingerprint density at radius 3 is 1.79 bits per heavy atom. The van der Waals surface area contributed by atoms with Crippen LogP contribution in [-0.4, -0.2) is 0 Å². The van der Waals surface area contributed by atoms with E-state index in [1.165, 1.54) is 32.3 Å². The predicted octanol–water partition coefficient (Wildman–Crippen LogP) is 11.7. The first-order chi connectivity index (χ1) is 20.8. The van der Waals surface area contributed by atoms with E-state index in [9.17, 15) is 0 Å². The maximum absolute atomic E-state index is 6.46. The maximum Gasteiger partial charge on any atom is 0.143 e. The van der Waals surface area contributed by atoms with Crippen molar-refractivity contribution < 1.29 is 4.42 Å². The molecular formula is C40H25NO. The van der Waals surface area contributed by atoms with Crippen LogP contribution in [0.4, 0.5) is 17.1 Å². The van der Waals surface area contributed by atoms with E-state index in [2.05, 4.69) is 144 Å². The summed E-state index contributed by atoms with van der Waals surface area (Å²) in [6, 6.07) is 54.4. The zero-order valence-electron chi connectivity index (χ0n) is 22.8. The van der Waals surface area contributed by atoms with Crippen LogP contribution in [0.3, 0.4) is 0 Å². The first-order valence-corrected chi connectivity index (χ1v) is 14.4. The molecule has 0 fully saturated rings. The summed E-state index contributed by atoms with van der Waals surface area (Å²) in [7, 11) is 0. The fraction of sp³-hybridized carbons (Fsp3) is 0. The fourth-order valence-corrected chi connectivity index (χ4v) is 6.67. The SMILES string of the molecule is c1ccc2c(N(c3ccc4c(ccc5ccccc54)c3)c3cccc4c3ccc3c5ccccc5oc43)cccc2c1. The van der Waals surface area contributed by atoms with Crippen LogP contribution in [-0.2, 0) is 0 Å². The molecule has 0 aliphatic rings. The molecule has 0 N–H and O–H groups in total. The molecule has 2 heteroatoms. The van der Waals surface area contributed by atoms with Crippen molar-refractivity contribution in [2.75, 3.05) is 4.90 Å². The molecule has 0 radical (unpaired) electrons. The van der Waals surface area contributed by atoms with Crippen molar-refractivity contribution in [2.45, 2.75) is 0 Å². The molecule has 0 unspecified atom stereocenters. The highest BCUT2D eigenvalue weighted by atomic mass is 16.3. The van der Waals surface area contributed by atoms with E-state index in [-0.39, 0.29) is 0 Å². The Labute approximate surface area is 242 Å². The number of anilines is 3. The van der Waals surface area contributed by atoms with E-state index in [0.29, 0.717) is 0 Å². The summed E-state index contributed by atoms with van der Waals surface area (Å²) in [6.45, 7) is 0. The highest BCUT2D eigenvalue weighted by Gasteiger charge is 2.20. The molecule has 0 saturated heterocycles. The van der Waals surface area contributed by atoms with Crippen LogP contribution in [0, 0.1) is 0 Å². The van der Waals surface area contributed by atoms with Crippen LogP contribution in [0.1, 0.15) is 0 Å². The molecule has 0 atom stereocenters. The van der Waals surface area contributed by atoms with Crippen LogP contribution >= 0.6 is 0 Å². The minimum absolute atomic E-state index is 0.915. The second kappa shape index (κ2) is 8.95. The van der Waals surface area contributed by atoms with Crippen LogP contribution in [0.5, 0.6) is 0 Å². The Hall–Kier alpha value is -5.60. The molecule has 0 saturated carbocycles. The second-order valence-electron chi connectivity index (χ2n) is 10.9. The Balaban J connectivity index is 1.35. The molecule has 9 aromatic rings. The normalized spacial score (nSPS) is 11.8. The molecule has 42 heavy (non-hydrogen) atoms. The van der Waals surface area contributed by atoms with Crippen LogP contribution < -0.4 is 4.90 Å². The van der Waals surface area contributed by atoms with Gasteiger partial charge in [-0.15, -0.1) is 0 Å². The van der Waals surface area contributed by atoms with Crippen molar-refractivity contribution >= 4 is 82.1 Å². The third kappa shape index (κ3) is 3.39. The van der Waals surface area contributed by atoms with E-state index in [4.69, 9.17) is 4.42 Å². The van der Waals surface area contributed by atoms with E-state index in [1.807, 2.05) is 12.1 Å². The maximum atomic E-state index is 6.46. The highest BCUT2D eigenvalue weighted by molar-refractivity contribution is 6.18. The Morgan fingerprint density at radius 1 is 0.357 bits per heavy atom. The largest absolute Gasteiger partial charge is 0.455 e. The predicted molar refractivity (Wildman–Crippen MR) is 178 cm³/mol. The average Bonchev–Trinajstić information content (AvgIpc) is 3.44. The molecule has 8 aromatic carbocycles. The Kier molecular flexibility index (Phi) is 4.93. The smallest absolute Gasteiger partial charge is 0.143 e. The van der Waals surface area contributed by atoms with E-state index < -0.39 is 0 Å². The number of fused-ring (bicyclic) bond motifs is 9. The van der Waals surface area contributed by atoms with Gasteiger partial charge in [-0.25, -0.2) is 0 Å². The van der Waals surface area contributed by atoms with Gasteiger partial charge in [-0.3, -0.25) is 0 Å². The summed E-state index contributed by atoms with van der Waals surface area (Å²) in [5, 5.41) is 12.0. The monoisotopic (exact) mass is 535 g/mol. The topological polar surface area (TPSA) is 16.4 Å². The van der Waals surface area contributed by atoms with Crippen molar-refractivity contribution in [3.8, 4) is 0 Å². The molecule has 0 bridgehead atoms. The third-order valence-electron chi connectivity index (χ3n) is 8.61. The number of furan rings is 1. The lowest BCUT2D eigenvalue weighted by molar-refractivity contribution is 0.672. The van der Waals surface area contributed by atoms with Gasteiger partial charge in [-0.2, -0.15) is 0 Å². The summed E-state index contributed by atoms with van der Waals surface area (Å²) in [5.41, 5.74) is 5.22. The summed E-state index contributed by atoms with van der Waals surface area (Å²) < 4.78 is 6.46. The molecule has 1 aromatic heterocycles. The molecular weight excluding hydrogens is 510 g/mol. The molecule has 196 valence electrons. The fourth-order valence-electron chi connectivity index (χ4n) is 6.67. The number of para-hydroxylation sites is 1. The van der Waals surface area contributed by atoms with Crippen molar-refractivity contribution in [3.63, 3.8) is 0 Å². The number of hydrogen-bond acceptors (Lipinski definition) is 2. The van der Waals surface area contributed by atoms with E-state index >= 15 is 0 Å². The first kappa shape index (κ1) is 23.1. The quantitative estimate of drug-likeness (QED) is 0.209. The lowest BCUT2D eigenvalue weighted by atomic mass is 9.99. The summed E-state index contributed by atoms with van der Waals surface area (Å²) in [6.07, 6.45) is 0. The summed E-state index contributed by atoms with van der Waals surface area (Å²) in [4.78, 5) is 2.41. The Bertz CT molecular complexity index is 2480. The number of rotatable bonds is 3. The minimum Gasteiger partial charge on any atom is -0.455 e. The van der Waals surface area contributed by atoms with Crippen LogP contribution in [0.15, 0.2) is 156 Å². The van der Waals surface area contributed by atoms with Crippen LogP contribution in [0.2, 0.25) is 0 Å². The van der Waals surface area contributed by atoms with Gasteiger partial charge in [0.25, 0.3) is 0 Å². The molecule has 0 aliphatic carbocycles. The van der Waals surface area contributed by atoms with Gasteiger partial charge in [-0.05, 0) is 63.3 Å². The van der Waals surface area contributed by atoms with E-state index in [1.54, 1.807) is 0 Å². The molecule has 0 aliphatic heterocycles.